The zero-order valence-electron chi connectivity index (χ0n) is 11.2. The van der Waals surface area contributed by atoms with E-state index in [4.69, 9.17) is 5.11 Å². The highest BCUT2D eigenvalue weighted by Gasteiger charge is 2.50. The van der Waals surface area contributed by atoms with E-state index in [2.05, 4.69) is 5.10 Å². The van der Waals surface area contributed by atoms with Crippen LogP contribution < -0.4 is 0 Å². The van der Waals surface area contributed by atoms with Gasteiger partial charge in [-0.15, -0.1) is 0 Å². The topological polar surface area (TPSA) is 92.5 Å². The van der Waals surface area contributed by atoms with Crippen molar-refractivity contribution in [3.63, 3.8) is 0 Å². The zero-order valence-corrected chi connectivity index (χ0v) is 12.1. The Bertz CT molecular complexity index is 644. The fraction of sp³-hybridized carbons (Fsp3) is 0.636. The summed E-state index contributed by atoms with van der Waals surface area (Å²) in [6.45, 7) is 1.06. The summed E-state index contributed by atoms with van der Waals surface area (Å²) >= 11 is 0. The Morgan fingerprint density at radius 1 is 1.57 bits per heavy atom. The number of carboxylic acids is 1. The number of halogens is 2. The van der Waals surface area contributed by atoms with E-state index in [1.54, 1.807) is 6.92 Å². The summed E-state index contributed by atoms with van der Waals surface area (Å²) in [5, 5.41) is 12.7. The third-order valence-electron chi connectivity index (χ3n) is 3.46. The Balaban J connectivity index is 2.27. The van der Waals surface area contributed by atoms with Crippen LogP contribution in [0.2, 0.25) is 0 Å². The number of aliphatic carboxylic acids is 1. The van der Waals surface area contributed by atoms with Crippen LogP contribution in [0.5, 0.6) is 0 Å². The van der Waals surface area contributed by atoms with Crippen molar-refractivity contribution in [2.45, 2.75) is 30.7 Å². The highest BCUT2D eigenvalue weighted by atomic mass is 32.2. The number of carboxylic acid groups (broad SMARTS) is 1. The average molecular weight is 323 g/mol. The second kappa shape index (κ2) is 5.34. The monoisotopic (exact) mass is 323 g/mol. The number of rotatable bonds is 4. The number of piperidine rings is 1. The highest BCUT2D eigenvalue weighted by Crippen LogP contribution is 2.35. The molecule has 1 aromatic rings. The van der Waals surface area contributed by atoms with Crippen LogP contribution in [0.3, 0.4) is 0 Å². The first-order valence-corrected chi connectivity index (χ1v) is 7.75. The Labute approximate surface area is 120 Å². The molecule has 0 aromatic carbocycles. The quantitative estimate of drug-likeness (QED) is 0.877. The predicted molar refractivity (Wildman–Crippen MR) is 67.3 cm³/mol. The van der Waals surface area contributed by atoms with Gasteiger partial charge in [-0.05, 0) is 6.92 Å². The van der Waals surface area contributed by atoms with Crippen LogP contribution in [-0.4, -0.2) is 52.6 Å². The van der Waals surface area contributed by atoms with E-state index in [0.29, 0.717) is 6.54 Å². The highest BCUT2D eigenvalue weighted by molar-refractivity contribution is 7.89. The lowest BCUT2D eigenvalue weighted by Crippen LogP contribution is -2.52. The second-order valence-electron chi connectivity index (χ2n) is 4.80. The van der Waals surface area contributed by atoms with Crippen LogP contribution in [0.1, 0.15) is 13.3 Å². The first kappa shape index (κ1) is 15.8. The van der Waals surface area contributed by atoms with Gasteiger partial charge in [0.15, 0.2) is 0 Å². The van der Waals surface area contributed by atoms with Crippen molar-refractivity contribution in [2.75, 3.05) is 13.1 Å². The molecule has 1 aromatic heterocycles. The molecule has 1 fully saturated rings. The summed E-state index contributed by atoms with van der Waals surface area (Å²) in [5.74, 6) is -7.16. The van der Waals surface area contributed by atoms with Crippen LogP contribution in [0.15, 0.2) is 17.3 Å². The van der Waals surface area contributed by atoms with Crippen molar-refractivity contribution in [1.29, 1.82) is 0 Å². The van der Waals surface area contributed by atoms with E-state index >= 15 is 0 Å². The van der Waals surface area contributed by atoms with Crippen molar-refractivity contribution in [3.05, 3.63) is 12.4 Å². The molecule has 1 atom stereocenters. The van der Waals surface area contributed by atoms with E-state index in [1.165, 1.54) is 10.9 Å². The maximum atomic E-state index is 13.5. The molecule has 1 aliphatic heterocycles. The molecule has 1 N–H and O–H groups in total. The SMILES string of the molecule is CCn1cc(S(=O)(=O)N2CCC(F)(F)C(C(=O)O)C2)cn1. The van der Waals surface area contributed by atoms with Crippen LogP contribution in [-0.2, 0) is 21.4 Å². The minimum Gasteiger partial charge on any atom is -0.481 e. The molecule has 7 nitrogen and oxygen atoms in total. The number of hydrogen-bond donors (Lipinski definition) is 1. The van der Waals surface area contributed by atoms with Gasteiger partial charge in [0.05, 0.1) is 6.20 Å². The molecule has 0 amide bonds. The fourth-order valence-electron chi connectivity index (χ4n) is 2.15. The Hall–Kier alpha value is -1.55. The van der Waals surface area contributed by atoms with Gasteiger partial charge in [0.1, 0.15) is 10.8 Å². The molecule has 0 radical (unpaired) electrons. The van der Waals surface area contributed by atoms with Crippen LogP contribution >= 0.6 is 0 Å². The van der Waals surface area contributed by atoms with E-state index < -0.39 is 47.3 Å². The minimum atomic E-state index is -4.01. The van der Waals surface area contributed by atoms with Gasteiger partial charge >= 0.3 is 5.97 Å². The van der Waals surface area contributed by atoms with Gasteiger partial charge < -0.3 is 5.11 Å². The molecule has 0 spiro atoms. The van der Waals surface area contributed by atoms with Crippen molar-refractivity contribution in [1.82, 2.24) is 14.1 Å². The number of aryl methyl sites for hydroxylation is 1. The van der Waals surface area contributed by atoms with Crippen molar-refractivity contribution in [2.24, 2.45) is 5.92 Å². The smallest absolute Gasteiger partial charge is 0.313 e. The van der Waals surface area contributed by atoms with Gasteiger partial charge in [-0.3, -0.25) is 9.48 Å². The Morgan fingerprint density at radius 3 is 2.76 bits per heavy atom. The van der Waals surface area contributed by atoms with E-state index in [9.17, 15) is 22.0 Å². The van der Waals surface area contributed by atoms with Gasteiger partial charge in [0, 0.05) is 32.3 Å². The fourth-order valence-corrected chi connectivity index (χ4v) is 3.56. The molecule has 10 heteroatoms. The lowest BCUT2D eigenvalue weighted by atomic mass is 9.95. The molecule has 1 aliphatic rings. The van der Waals surface area contributed by atoms with Crippen molar-refractivity contribution < 1.29 is 27.1 Å². The molecule has 1 saturated heterocycles. The first-order chi connectivity index (χ1) is 9.68. The molecule has 2 heterocycles. The number of alkyl halides is 2. The third kappa shape index (κ3) is 2.91. The first-order valence-electron chi connectivity index (χ1n) is 6.31. The summed E-state index contributed by atoms with van der Waals surface area (Å²) in [5.41, 5.74) is 0. The number of aromatic nitrogens is 2. The lowest BCUT2D eigenvalue weighted by molar-refractivity contribution is -0.163. The molecule has 2 rings (SSSR count). The lowest BCUT2D eigenvalue weighted by Gasteiger charge is -2.35. The molecular weight excluding hydrogens is 308 g/mol. The summed E-state index contributed by atoms with van der Waals surface area (Å²) < 4.78 is 53.9. The summed E-state index contributed by atoms with van der Waals surface area (Å²) in [7, 11) is -4.01. The largest absolute Gasteiger partial charge is 0.481 e. The standard InChI is InChI=1S/C11H15F2N3O4S/c1-2-15-6-8(5-14-15)21(19,20)16-4-3-11(12,13)9(7-16)10(17)18/h5-6,9H,2-4,7H2,1H3,(H,17,18). The van der Waals surface area contributed by atoms with Crippen LogP contribution in [0.25, 0.3) is 0 Å². The number of carbonyl (C=O) groups is 1. The molecule has 0 saturated carbocycles. The zero-order chi connectivity index (χ0) is 15.8. The van der Waals surface area contributed by atoms with E-state index in [-0.39, 0.29) is 4.90 Å². The Morgan fingerprint density at radius 2 is 2.24 bits per heavy atom. The van der Waals surface area contributed by atoms with Gasteiger partial charge in [0.2, 0.25) is 10.0 Å². The van der Waals surface area contributed by atoms with Gasteiger partial charge in [-0.2, -0.15) is 9.40 Å². The minimum absolute atomic E-state index is 0.126. The van der Waals surface area contributed by atoms with Crippen molar-refractivity contribution in [3.8, 4) is 0 Å². The number of sulfonamides is 1. The summed E-state index contributed by atoms with van der Waals surface area (Å²) in [4.78, 5) is 10.8. The molecule has 118 valence electrons. The van der Waals surface area contributed by atoms with Gasteiger partial charge in [-0.25, -0.2) is 17.2 Å². The van der Waals surface area contributed by atoms with Crippen molar-refractivity contribution >= 4 is 16.0 Å². The van der Waals surface area contributed by atoms with E-state index in [0.717, 1.165) is 10.5 Å². The predicted octanol–water partition coefficient (Wildman–Crippen LogP) is 0.633. The normalized spacial score (nSPS) is 23.1. The van der Waals surface area contributed by atoms with Gasteiger partial charge in [-0.1, -0.05) is 0 Å². The maximum Gasteiger partial charge on any atom is 0.313 e. The number of hydrogen-bond acceptors (Lipinski definition) is 4. The van der Waals surface area contributed by atoms with E-state index in [1.807, 2.05) is 0 Å². The third-order valence-corrected chi connectivity index (χ3v) is 5.28. The van der Waals surface area contributed by atoms with Crippen LogP contribution in [0.4, 0.5) is 8.78 Å². The number of nitrogens with zero attached hydrogens (tertiary/aromatic N) is 3. The Kier molecular flexibility index (Phi) is 4.02. The average Bonchev–Trinajstić information content (AvgIpc) is 2.87. The molecule has 1 unspecified atom stereocenters. The summed E-state index contributed by atoms with van der Waals surface area (Å²) in [6.07, 6.45) is 1.60. The molecule has 0 bridgehead atoms. The van der Waals surface area contributed by atoms with Crippen LogP contribution in [0, 0.1) is 5.92 Å². The summed E-state index contributed by atoms with van der Waals surface area (Å²) in [6, 6.07) is 0. The van der Waals surface area contributed by atoms with Gasteiger partial charge in [0.25, 0.3) is 5.92 Å². The second-order valence-corrected chi connectivity index (χ2v) is 6.73. The maximum absolute atomic E-state index is 13.5. The molecule has 0 aliphatic carbocycles. The molecular formula is C11H15F2N3O4S. The molecule has 21 heavy (non-hydrogen) atoms.